The highest BCUT2D eigenvalue weighted by molar-refractivity contribution is 5.88. The van der Waals surface area contributed by atoms with Gasteiger partial charge in [0.25, 0.3) is 11.5 Å². The van der Waals surface area contributed by atoms with E-state index < -0.39 is 0 Å². The van der Waals surface area contributed by atoms with Gasteiger partial charge in [-0.25, -0.2) is 9.66 Å². The molecule has 0 fully saturated rings. The molecule has 0 radical (unpaired) electrons. The van der Waals surface area contributed by atoms with Crippen LogP contribution in [0.1, 0.15) is 11.4 Å². The van der Waals surface area contributed by atoms with Crippen LogP contribution < -0.4 is 16.3 Å². The Morgan fingerprint density at radius 2 is 1.79 bits per heavy atom. The Kier molecular flexibility index (Phi) is 4.29. The van der Waals surface area contributed by atoms with Gasteiger partial charge in [0, 0.05) is 5.69 Å². The molecule has 1 aromatic heterocycles. The highest BCUT2D eigenvalue weighted by atomic mass is 16.2. The quantitative estimate of drug-likeness (QED) is 0.772. The molecule has 6 nitrogen and oxygen atoms in total. The molecule has 3 aromatic rings. The molecule has 2 aromatic carbocycles. The lowest BCUT2D eigenvalue weighted by Crippen LogP contribution is -2.38. The molecule has 1 amide bonds. The number of fused-ring (bicyclic) bond motifs is 1. The summed E-state index contributed by atoms with van der Waals surface area (Å²) < 4.78 is 1.18. The molecule has 0 saturated heterocycles. The second-order valence-corrected chi connectivity index (χ2v) is 5.57. The number of nitrogens with zero attached hydrogens (tertiary/aromatic N) is 2. The summed E-state index contributed by atoms with van der Waals surface area (Å²) in [4.78, 5) is 29.0. The van der Waals surface area contributed by atoms with E-state index in [0.29, 0.717) is 16.7 Å². The molecule has 0 spiro atoms. The average Bonchev–Trinajstić information content (AvgIpc) is 2.58. The van der Waals surface area contributed by atoms with Crippen molar-refractivity contribution in [3.05, 3.63) is 70.3 Å². The predicted octanol–water partition coefficient (Wildman–Crippen LogP) is 2.20. The normalized spacial score (nSPS) is 10.6. The number of hydrogen-bond acceptors (Lipinski definition) is 4. The molecule has 3 rings (SSSR count). The van der Waals surface area contributed by atoms with Crippen molar-refractivity contribution in [1.29, 1.82) is 0 Å². The van der Waals surface area contributed by atoms with E-state index in [0.717, 1.165) is 11.3 Å². The number of rotatable bonds is 4. The maximum Gasteiger partial charge on any atom is 0.280 e. The van der Waals surface area contributed by atoms with Gasteiger partial charge in [-0.15, -0.1) is 0 Å². The van der Waals surface area contributed by atoms with Crippen molar-refractivity contribution in [1.82, 2.24) is 9.66 Å². The molecule has 2 N–H and O–H groups in total. The number of aromatic nitrogens is 2. The minimum absolute atomic E-state index is 0.0573. The lowest BCUT2D eigenvalue weighted by molar-refractivity contribution is -0.115. The summed E-state index contributed by atoms with van der Waals surface area (Å²) in [6.45, 7) is 3.74. The van der Waals surface area contributed by atoms with Gasteiger partial charge in [-0.2, -0.15) is 0 Å². The molecule has 0 aliphatic heterocycles. The fourth-order valence-electron chi connectivity index (χ4n) is 2.39. The monoisotopic (exact) mass is 322 g/mol. The zero-order valence-corrected chi connectivity index (χ0v) is 13.5. The number of aryl methyl sites for hydroxylation is 2. The average molecular weight is 322 g/mol. The lowest BCUT2D eigenvalue weighted by Gasteiger charge is -2.13. The van der Waals surface area contributed by atoms with Gasteiger partial charge < -0.3 is 5.32 Å². The Morgan fingerprint density at radius 3 is 2.54 bits per heavy atom. The van der Waals surface area contributed by atoms with E-state index >= 15 is 0 Å². The number of amides is 1. The molecule has 0 aliphatic carbocycles. The van der Waals surface area contributed by atoms with E-state index in [1.807, 2.05) is 37.3 Å². The molecule has 0 atom stereocenters. The van der Waals surface area contributed by atoms with Gasteiger partial charge in [-0.1, -0.05) is 29.8 Å². The molecule has 122 valence electrons. The molecular weight excluding hydrogens is 304 g/mol. The molecule has 0 unspecified atom stereocenters. The van der Waals surface area contributed by atoms with E-state index in [4.69, 9.17) is 0 Å². The molecule has 0 aliphatic rings. The van der Waals surface area contributed by atoms with Crippen molar-refractivity contribution in [2.75, 3.05) is 17.3 Å². The Morgan fingerprint density at radius 1 is 1.08 bits per heavy atom. The van der Waals surface area contributed by atoms with Crippen LogP contribution in [0.4, 0.5) is 5.69 Å². The smallest absolute Gasteiger partial charge is 0.280 e. The minimum Gasteiger partial charge on any atom is -0.376 e. The number of carbonyl (C=O) groups is 1. The number of nitrogens with one attached hydrogen (secondary N) is 2. The van der Waals surface area contributed by atoms with Crippen molar-refractivity contribution in [3.63, 3.8) is 0 Å². The Labute approximate surface area is 139 Å². The zero-order valence-electron chi connectivity index (χ0n) is 13.5. The standard InChI is InChI=1S/C18H18N4O2/c1-12-7-9-14(10-8-12)19-11-17(23)21-22-13(2)20-16-6-4-3-5-15(16)18(22)24/h3-10,19H,11H2,1-2H3,(H,21,23). The first-order valence-electron chi connectivity index (χ1n) is 7.63. The van der Waals surface area contributed by atoms with Gasteiger partial charge in [-0.05, 0) is 38.1 Å². The summed E-state index contributed by atoms with van der Waals surface area (Å²) in [6.07, 6.45) is 0. The van der Waals surface area contributed by atoms with Crippen LogP contribution in [0.15, 0.2) is 53.3 Å². The first-order chi connectivity index (χ1) is 11.5. The van der Waals surface area contributed by atoms with Crippen LogP contribution in [-0.4, -0.2) is 22.1 Å². The number of benzene rings is 2. The highest BCUT2D eigenvalue weighted by Crippen LogP contribution is 2.08. The molecule has 24 heavy (non-hydrogen) atoms. The first-order valence-corrected chi connectivity index (χ1v) is 7.63. The van der Waals surface area contributed by atoms with Crippen molar-refractivity contribution in [2.45, 2.75) is 13.8 Å². The maximum absolute atomic E-state index is 12.5. The van der Waals surface area contributed by atoms with Crippen molar-refractivity contribution in [2.24, 2.45) is 0 Å². The minimum atomic E-state index is -0.321. The van der Waals surface area contributed by atoms with Crippen LogP contribution >= 0.6 is 0 Å². The van der Waals surface area contributed by atoms with Crippen LogP contribution in [0.3, 0.4) is 0 Å². The van der Waals surface area contributed by atoms with Gasteiger partial charge in [0.15, 0.2) is 0 Å². The fourth-order valence-corrected chi connectivity index (χ4v) is 2.39. The van der Waals surface area contributed by atoms with Gasteiger partial charge in [0.05, 0.1) is 17.4 Å². The third kappa shape index (κ3) is 3.27. The molecule has 0 bridgehead atoms. The molecule has 6 heteroatoms. The number of carbonyl (C=O) groups excluding carboxylic acids is 1. The largest absolute Gasteiger partial charge is 0.376 e. The van der Waals surface area contributed by atoms with Crippen molar-refractivity contribution >= 4 is 22.5 Å². The number of hydrogen-bond donors (Lipinski definition) is 2. The number of para-hydroxylation sites is 1. The third-order valence-corrected chi connectivity index (χ3v) is 3.68. The van der Waals surface area contributed by atoms with E-state index in [2.05, 4.69) is 15.7 Å². The SMILES string of the molecule is Cc1ccc(NCC(=O)Nn2c(C)nc3ccccc3c2=O)cc1. The van der Waals surface area contributed by atoms with Crippen LogP contribution in [0.25, 0.3) is 10.9 Å². The summed E-state index contributed by atoms with van der Waals surface area (Å²) in [5, 5.41) is 3.49. The van der Waals surface area contributed by atoms with Crippen LogP contribution in [0, 0.1) is 13.8 Å². The third-order valence-electron chi connectivity index (χ3n) is 3.68. The molecular formula is C18H18N4O2. The van der Waals surface area contributed by atoms with Gasteiger partial charge in [0.1, 0.15) is 5.82 Å². The summed E-state index contributed by atoms with van der Waals surface area (Å²) in [7, 11) is 0. The van der Waals surface area contributed by atoms with Crippen molar-refractivity contribution < 1.29 is 4.79 Å². The van der Waals surface area contributed by atoms with E-state index in [1.54, 1.807) is 25.1 Å². The Balaban J connectivity index is 1.75. The zero-order chi connectivity index (χ0) is 17.1. The topological polar surface area (TPSA) is 76.0 Å². The Hall–Kier alpha value is -3.15. The van der Waals surface area contributed by atoms with Crippen LogP contribution in [0.5, 0.6) is 0 Å². The predicted molar refractivity (Wildman–Crippen MR) is 94.8 cm³/mol. The van der Waals surface area contributed by atoms with Crippen LogP contribution in [0.2, 0.25) is 0 Å². The van der Waals surface area contributed by atoms with E-state index in [9.17, 15) is 9.59 Å². The van der Waals surface area contributed by atoms with Gasteiger partial charge >= 0.3 is 0 Å². The number of anilines is 1. The van der Waals surface area contributed by atoms with E-state index in [1.165, 1.54) is 4.68 Å². The van der Waals surface area contributed by atoms with Gasteiger partial charge in [0.2, 0.25) is 0 Å². The summed E-state index contributed by atoms with van der Waals surface area (Å²) in [5.41, 5.74) is 4.91. The summed E-state index contributed by atoms with van der Waals surface area (Å²) >= 11 is 0. The first kappa shape index (κ1) is 15.7. The van der Waals surface area contributed by atoms with Crippen molar-refractivity contribution in [3.8, 4) is 0 Å². The Bertz CT molecular complexity index is 945. The lowest BCUT2D eigenvalue weighted by atomic mass is 10.2. The second kappa shape index (κ2) is 6.54. The summed E-state index contributed by atoms with van der Waals surface area (Å²) in [6, 6.07) is 14.8. The maximum atomic E-state index is 12.5. The van der Waals surface area contributed by atoms with E-state index in [-0.39, 0.29) is 18.0 Å². The fraction of sp³-hybridized carbons (Fsp3) is 0.167. The van der Waals surface area contributed by atoms with Crippen LogP contribution in [-0.2, 0) is 4.79 Å². The molecule has 1 heterocycles. The summed E-state index contributed by atoms with van der Waals surface area (Å²) in [5.74, 6) is 0.111. The van der Waals surface area contributed by atoms with Gasteiger partial charge in [-0.3, -0.25) is 15.0 Å². The molecule has 0 saturated carbocycles. The second-order valence-electron chi connectivity index (χ2n) is 5.57. The highest BCUT2D eigenvalue weighted by Gasteiger charge is 2.10.